The molecule has 0 radical (unpaired) electrons. The molecule has 2 aliphatic rings. The van der Waals surface area contributed by atoms with Crippen LogP contribution in [0.1, 0.15) is 24.8 Å². The van der Waals surface area contributed by atoms with E-state index in [0.717, 1.165) is 51.8 Å². The highest BCUT2D eigenvalue weighted by molar-refractivity contribution is 5.84. The van der Waals surface area contributed by atoms with Gasteiger partial charge in [-0.1, -0.05) is 30.3 Å². The van der Waals surface area contributed by atoms with Gasteiger partial charge in [-0.05, 0) is 31.4 Å². The van der Waals surface area contributed by atoms with Crippen LogP contribution < -0.4 is 10.6 Å². The van der Waals surface area contributed by atoms with Gasteiger partial charge in [-0.25, -0.2) is 4.99 Å². The number of likely N-dealkylation sites (N-methyl/N-ethyl adjacent to an activating group) is 1. The monoisotopic (exact) mass is 401 g/mol. The van der Waals surface area contributed by atoms with Crippen LogP contribution in [0.5, 0.6) is 0 Å². The van der Waals surface area contributed by atoms with Gasteiger partial charge in [0.2, 0.25) is 5.91 Å². The second-order valence-electron chi connectivity index (χ2n) is 8.20. The molecular weight excluding hydrogens is 366 g/mol. The lowest BCUT2D eigenvalue weighted by Crippen LogP contribution is -2.46. The Morgan fingerprint density at radius 2 is 2.00 bits per heavy atom. The molecule has 2 aliphatic heterocycles. The number of rotatable bonds is 8. The fourth-order valence-electron chi connectivity index (χ4n) is 3.81. The third kappa shape index (κ3) is 7.01. The number of hydrogen-bond acceptors (Lipinski definition) is 4. The van der Waals surface area contributed by atoms with Crippen LogP contribution in [0, 0.1) is 5.92 Å². The van der Waals surface area contributed by atoms with E-state index >= 15 is 0 Å². The zero-order chi connectivity index (χ0) is 20.5. The highest BCUT2D eigenvalue weighted by atomic mass is 16.5. The van der Waals surface area contributed by atoms with E-state index in [-0.39, 0.29) is 12.5 Å². The molecule has 160 valence electrons. The van der Waals surface area contributed by atoms with Crippen LogP contribution in [0.25, 0.3) is 0 Å². The summed E-state index contributed by atoms with van der Waals surface area (Å²) >= 11 is 0. The van der Waals surface area contributed by atoms with Crippen molar-refractivity contribution in [3.8, 4) is 0 Å². The van der Waals surface area contributed by atoms with Crippen molar-refractivity contribution in [3.63, 3.8) is 0 Å². The van der Waals surface area contributed by atoms with Gasteiger partial charge in [0.25, 0.3) is 0 Å². The molecule has 0 aromatic heterocycles. The largest absolute Gasteiger partial charge is 0.381 e. The number of benzene rings is 1. The first-order chi connectivity index (χ1) is 14.1. The Morgan fingerprint density at radius 3 is 2.72 bits per heavy atom. The molecule has 2 unspecified atom stereocenters. The molecule has 3 rings (SSSR count). The molecule has 2 atom stereocenters. The Hall–Kier alpha value is -2.12. The van der Waals surface area contributed by atoms with Gasteiger partial charge in [0, 0.05) is 52.3 Å². The van der Waals surface area contributed by atoms with E-state index in [0.29, 0.717) is 12.0 Å². The molecule has 2 saturated heterocycles. The first-order valence-corrected chi connectivity index (χ1v) is 10.7. The quantitative estimate of drug-likeness (QED) is 0.508. The first kappa shape index (κ1) is 21.6. The lowest BCUT2D eigenvalue weighted by Gasteiger charge is -2.26. The molecule has 7 nitrogen and oxygen atoms in total. The van der Waals surface area contributed by atoms with Gasteiger partial charge in [-0.2, -0.15) is 0 Å². The third-order valence-electron chi connectivity index (χ3n) is 5.69. The number of aliphatic imine (C=N–C) groups is 1. The van der Waals surface area contributed by atoms with Crippen molar-refractivity contribution in [2.45, 2.75) is 31.8 Å². The third-order valence-corrected chi connectivity index (χ3v) is 5.69. The molecule has 1 aromatic carbocycles. The maximum absolute atomic E-state index is 12.0. The molecule has 2 fully saturated rings. The fraction of sp³-hybridized carbons (Fsp3) is 0.636. The van der Waals surface area contributed by atoms with Crippen LogP contribution in [0.4, 0.5) is 0 Å². The van der Waals surface area contributed by atoms with Gasteiger partial charge >= 0.3 is 0 Å². The molecule has 0 bridgehead atoms. The van der Waals surface area contributed by atoms with Gasteiger partial charge < -0.3 is 20.3 Å². The number of nitrogens with zero attached hydrogens (tertiary/aromatic N) is 3. The van der Waals surface area contributed by atoms with Crippen LogP contribution in [0.2, 0.25) is 0 Å². The Kier molecular flexibility index (Phi) is 8.31. The molecule has 1 aromatic rings. The number of hydrogen-bond donors (Lipinski definition) is 2. The number of ether oxygens (including phenoxy) is 1. The van der Waals surface area contributed by atoms with E-state index in [9.17, 15) is 4.79 Å². The lowest BCUT2D eigenvalue weighted by atomic mass is 10.1. The average molecular weight is 402 g/mol. The molecule has 0 aliphatic carbocycles. The molecule has 0 spiro atoms. The zero-order valence-corrected chi connectivity index (χ0v) is 17.8. The SMILES string of the molecule is CN(C)C(=O)CN=C(NCC1CCOC1)NCC1CCCN1Cc1ccccc1. The summed E-state index contributed by atoms with van der Waals surface area (Å²) in [6.45, 7) is 5.54. The predicted octanol–water partition coefficient (Wildman–Crippen LogP) is 1.31. The van der Waals surface area contributed by atoms with Gasteiger partial charge in [0.15, 0.2) is 5.96 Å². The molecule has 0 saturated carbocycles. The summed E-state index contributed by atoms with van der Waals surface area (Å²) in [5.41, 5.74) is 1.35. The minimum atomic E-state index is 0.00173. The van der Waals surface area contributed by atoms with Gasteiger partial charge in [0.05, 0.1) is 6.61 Å². The summed E-state index contributed by atoms with van der Waals surface area (Å²) < 4.78 is 5.46. The van der Waals surface area contributed by atoms with Crippen molar-refractivity contribution >= 4 is 11.9 Å². The Morgan fingerprint density at radius 1 is 1.21 bits per heavy atom. The zero-order valence-electron chi connectivity index (χ0n) is 17.8. The van der Waals surface area contributed by atoms with Gasteiger partial charge in [-0.3, -0.25) is 9.69 Å². The summed E-state index contributed by atoms with van der Waals surface area (Å²) in [5.74, 6) is 1.23. The van der Waals surface area contributed by atoms with E-state index in [1.54, 1.807) is 19.0 Å². The summed E-state index contributed by atoms with van der Waals surface area (Å²) in [6.07, 6.45) is 3.47. The smallest absolute Gasteiger partial charge is 0.243 e. The number of carbonyl (C=O) groups is 1. The molecule has 2 heterocycles. The minimum absolute atomic E-state index is 0.00173. The molecular formula is C22H35N5O2. The lowest BCUT2D eigenvalue weighted by molar-refractivity contribution is -0.127. The van der Waals surface area contributed by atoms with Crippen LogP contribution in [-0.2, 0) is 16.1 Å². The van der Waals surface area contributed by atoms with Crippen molar-refractivity contribution in [1.82, 2.24) is 20.4 Å². The van der Waals surface area contributed by atoms with Crippen molar-refractivity contribution in [1.29, 1.82) is 0 Å². The predicted molar refractivity (Wildman–Crippen MR) is 116 cm³/mol. The molecule has 2 N–H and O–H groups in total. The van der Waals surface area contributed by atoms with Crippen molar-refractivity contribution in [2.24, 2.45) is 10.9 Å². The van der Waals surface area contributed by atoms with Crippen molar-refractivity contribution in [2.75, 3.05) is 53.5 Å². The normalized spacial score (nSPS) is 22.6. The highest BCUT2D eigenvalue weighted by Gasteiger charge is 2.25. The van der Waals surface area contributed by atoms with Crippen molar-refractivity contribution < 1.29 is 9.53 Å². The summed E-state index contributed by atoms with van der Waals surface area (Å²) in [4.78, 5) is 20.6. The van der Waals surface area contributed by atoms with Crippen LogP contribution in [0.3, 0.4) is 0 Å². The maximum Gasteiger partial charge on any atom is 0.243 e. The standard InChI is InChI=1S/C22H35N5O2/c1-26(2)21(28)15-25-22(23-13-19-10-12-29-17-19)24-14-20-9-6-11-27(20)16-18-7-4-3-5-8-18/h3-5,7-8,19-20H,6,9-17H2,1-2H3,(H2,23,24,25). The molecule has 7 heteroatoms. The topological polar surface area (TPSA) is 69.2 Å². The van der Waals surface area contributed by atoms with Gasteiger partial charge in [-0.15, -0.1) is 0 Å². The summed E-state index contributed by atoms with van der Waals surface area (Å²) in [6, 6.07) is 11.1. The van der Waals surface area contributed by atoms with Gasteiger partial charge in [0.1, 0.15) is 6.54 Å². The van der Waals surface area contributed by atoms with Crippen LogP contribution >= 0.6 is 0 Å². The second kappa shape index (κ2) is 11.2. The number of amides is 1. The van der Waals surface area contributed by atoms with E-state index in [4.69, 9.17) is 4.74 Å². The fourth-order valence-corrected chi connectivity index (χ4v) is 3.81. The van der Waals surface area contributed by atoms with E-state index in [1.165, 1.54) is 18.4 Å². The molecule has 29 heavy (non-hydrogen) atoms. The number of nitrogens with one attached hydrogen (secondary N) is 2. The maximum atomic E-state index is 12.0. The number of guanidine groups is 1. The number of carbonyl (C=O) groups excluding carboxylic acids is 1. The van der Waals surface area contributed by atoms with E-state index in [2.05, 4.69) is 50.9 Å². The minimum Gasteiger partial charge on any atom is -0.381 e. The Labute approximate surface area is 174 Å². The van der Waals surface area contributed by atoms with Crippen LogP contribution in [-0.4, -0.2) is 81.2 Å². The van der Waals surface area contributed by atoms with E-state index in [1.807, 2.05) is 0 Å². The summed E-state index contributed by atoms with van der Waals surface area (Å²) in [7, 11) is 3.52. The Balaban J connectivity index is 1.53. The highest BCUT2D eigenvalue weighted by Crippen LogP contribution is 2.19. The second-order valence-corrected chi connectivity index (χ2v) is 8.20. The molecule has 1 amide bonds. The van der Waals surface area contributed by atoms with Crippen molar-refractivity contribution in [3.05, 3.63) is 35.9 Å². The first-order valence-electron chi connectivity index (χ1n) is 10.7. The average Bonchev–Trinajstić information content (AvgIpc) is 3.40. The Bertz CT molecular complexity index is 658. The van der Waals surface area contributed by atoms with E-state index < -0.39 is 0 Å². The van der Waals surface area contributed by atoms with Crippen LogP contribution in [0.15, 0.2) is 35.3 Å². The summed E-state index contributed by atoms with van der Waals surface area (Å²) in [5, 5.41) is 6.90. The number of likely N-dealkylation sites (tertiary alicyclic amines) is 1.